The van der Waals surface area contributed by atoms with E-state index in [1.165, 1.54) is 12.1 Å². The molecule has 0 spiro atoms. The van der Waals surface area contributed by atoms with Gasteiger partial charge in [0.25, 0.3) is 0 Å². The maximum Gasteiger partial charge on any atom is 0.238 e. The number of rotatable bonds is 7. The fourth-order valence-corrected chi connectivity index (χ4v) is 2.43. The Morgan fingerprint density at radius 1 is 1.17 bits per heavy atom. The Morgan fingerprint density at radius 2 is 1.96 bits per heavy atom. The van der Waals surface area contributed by atoms with E-state index in [1.807, 2.05) is 12.1 Å². The Bertz CT molecular complexity index is 725. The summed E-state index contributed by atoms with van der Waals surface area (Å²) < 4.78 is 24.7. The number of hydrogen-bond donors (Lipinski definition) is 2. The summed E-state index contributed by atoms with van der Waals surface area (Å²) in [5, 5.41) is 5.52. The zero-order valence-corrected chi connectivity index (χ0v) is 14.9. The zero-order chi connectivity index (χ0) is 17.5. The number of carbonyl (C=O) groups is 1. The van der Waals surface area contributed by atoms with Crippen molar-refractivity contribution < 1.29 is 18.7 Å². The Labute approximate surface area is 148 Å². The predicted octanol–water partition coefficient (Wildman–Crippen LogP) is 3.33. The predicted molar refractivity (Wildman–Crippen MR) is 94.0 cm³/mol. The van der Waals surface area contributed by atoms with E-state index in [0.717, 1.165) is 5.56 Å². The second-order valence-electron chi connectivity index (χ2n) is 4.95. The third-order valence-corrected chi connectivity index (χ3v) is 3.79. The highest BCUT2D eigenvalue weighted by Crippen LogP contribution is 2.24. The van der Waals surface area contributed by atoms with Gasteiger partial charge in [-0.05, 0) is 24.3 Å². The molecule has 0 radical (unpaired) electrons. The summed E-state index contributed by atoms with van der Waals surface area (Å²) in [6, 6.07) is 9.91. The van der Waals surface area contributed by atoms with Gasteiger partial charge in [-0.2, -0.15) is 0 Å². The highest BCUT2D eigenvalue weighted by atomic mass is 79.9. The van der Waals surface area contributed by atoms with Gasteiger partial charge in [0, 0.05) is 22.6 Å². The monoisotopic (exact) mass is 396 g/mol. The lowest BCUT2D eigenvalue weighted by Crippen LogP contribution is -2.28. The van der Waals surface area contributed by atoms with E-state index >= 15 is 0 Å². The maximum absolute atomic E-state index is 13.7. The van der Waals surface area contributed by atoms with Crippen LogP contribution in [0.3, 0.4) is 0 Å². The van der Waals surface area contributed by atoms with Crippen LogP contribution in [0.1, 0.15) is 5.56 Å². The molecule has 0 aliphatic heterocycles. The summed E-state index contributed by atoms with van der Waals surface area (Å²) in [5.74, 6) is 0.540. The van der Waals surface area contributed by atoms with Crippen LogP contribution in [-0.4, -0.2) is 26.7 Å². The Balaban J connectivity index is 1.88. The molecule has 1 amide bonds. The van der Waals surface area contributed by atoms with Crippen LogP contribution in [0.4, 0.5) is 10.1 Å². The molecule has 0 aliphatic carbocycles. The summed E-state index contributed by atoms with van der Waals surface area (Å²) in [5.41, 5.74) is 1.04. The summed E-state index contributed by atoms with van der Waals surface area (Å²) in [6.45, 7) is 0.480. The fraction of sp³-hybridized carbons (Fsp3) is 0.235. The van der Waals surface area contributed by atoms with Gasteiger partial charge in [-0.1, -0.05) is 22.0 Å². The number of ether oxygens (including phenoxy) is 2. The summed E-state index contributed by atoms with van der Waals surface area (Å²) in [4.78, 5) is 11.9. The van der Waals surface area contributed by atoms with Crippen molar-refractivity contribution in [3.8, 4) is 11.5 Å². The van der Waals surface area contributed by atoms with Crippen LogP contribution in [0.15, 0.2) is 40.9 Å². The number of benzene rings is 2. The lowest BCUT2D eigenvalue weighted by Gasteiger charge is -2.11. The largest absolute Gasteiger partial charge is 0.497 e. The molecule has 0 atom stereocenters. The van der Waals surface area contributed by atoms with E-state index < -0.39 is 5.82 Å². The SMILES string of the molecule is COc1ccc(CNCC(=O)Nc2ccc(Br)cc2F)c(OC)c1. The van der Waals surface area contributed by atoms with Crippen molar-refractivity contribution in [2.24, 2.45) is 0 Å². The number of methoxy groups -OCH3 is 2. The number of amides is 1. The standard InChI is InChI=1S/C17H18BrFN2O3/c1-23-13-5-3-11(16(8-13)24-2)9-20-10-17(22)21-15-6-4-12(18)7-14(15)19/h3-8,20H,9-10H2,1-2H3,(H,21,22). The fourth-order valence-electron chi connectivity index (χ4n) is 2.09. The number of anilines is 1. The van der Waals surface area contributed by atoms with E-state index in [1.54, 1.807) is 26.4 Å². The number of halogens is 2. The molecular weight excluding hydrogens is 379 g/mol. The molecule has 2 N–H and O–H groups in total. The molecule has 2 aromatic carbocycles. The van der Waals surface area contributed by atoms with E-state index in [4.69, 9.17) is 9.47 Å². The van der Waals surface area contributed by atoms with Crippen LogP contribution in [-0.2, 0) is 11.3 Å². The lowest BCUT2D eigenvalue weighted by atomic mass is 10.2. The second kappa shape index (κ2) is 8.65. The van der Waals surface area contributed by atoms with E-state index in [-0.39, 0.29) is 18.1 Å². The molecule has 0 aromatic heterocycles. The number of carbonyl (C=O) groups excluding carboxylic acids is 1. The molecule has 0 bridgehead atoms. The zero-order valence-electron chi connectivity index (χ0n) is 13.4. The third-order valence-electron chi connectivity index (χ3n) is 3.30. The minimum Gasteiger partial charge on any atom is -0.497 e. The minimum atomic E-state index is -0.491. The topological polar surface area (TPSA) is 59.6 Å². The van der Waals surface area contributed by atoms with E-state index in [0.29, 0.717) is 22.5 Å². The average Bonchev–Trinajstić information content (AvgIpc) is 2.57. The normalized spacial score (nSPS) is 10.3. The highest BCUT2D eigenvalue weighted by Gasteiger charge is 2.09. The van der Waals surface area contributed by atoms with Crippen LogP contribution in [0, 0.1) is 5.82 Å². The third kappa shape index (κ3) is 4.94. The molecule has 0 fully saturated rings. The first-order chi connectivity index (χ1) is 11.5. The van der Waals surface area contributed by atoms with Crippen molar-refractivity contribution in [3.05, 3.63) is 52.3 Å². The van der Waals surface area contributed by atoms with Crippen LogP contribution >= 0.6 is 15.9 Å². The minimum absolute atomic E-state index is 0.0463. The van der Waals surface area contributed by atoms with E-state index in [9.17, 15) is 9.18 Å². The summed E-state index contributed by atoms with van der Waals surface area (Å²) in [6.07, 6.45) is 0. The quantitative estimate of drug-likeness (QED) is 0.753. The van der Waals surface area contributed by atoms with E-state index in [2.05, 4.69) is 26.6 Å². The molecule has 5 nitrogen and oxygen atoms in total. The molecule has 0 aliphatic rings. The molecule has 0 saturated carbocycles. The van der Waals surface area contributed by atoms with Crippen molar-refractivity contribution in [2.45, 2.75) is 6.54 Å². The summed E-state index contributed by atoms with van der Waals surface area (Å²) in [7, 11) is 3.15. The molecule has 0 heterocycles. The molecule has 0 unspecified atom stereocenters. The average molecular weight is 397 g/mol. The lowest BCUT2D eigenvalue weighted by molar-refractivity contribution is -0.115. The van der Waals surface area contributed by atoms with Gasteiger partial charge in [-0.25, -0.2) is 4.39 Å². The first kappa shape index (κ1) is 18.2. The van der Waals surface area contributed by atoms with Crippen molar-refractivity contribution in [1.29, 1.82) is 0 Å². The molecule has 2 rings (SSSR count). The van der Waals surface area contributed by atoms with Crippen LogP contribution in [0.25, 0.3) is 0 Å². The van der Waals surface area contributed by atoms with Crippen molar-refractivity contribution >= 4 is 27.5 Å². The molecule has 128 valence electrons. The van der Waals surface area contributed by atoms with Crippen molar-refractivity contribution in [1.82, 2.24) is 5.32 Å². The van der Waals surface area contributed by atoms with Crippen molar-refractivity contribution in [2.75, 3.05) is 26.1 Å². The smallest absolute Gasteiger partial charge is 0.238 e. The molecule has 24 heavy (non-hydrogen) atoms. The highest BCUT2D eigenvalue weighted by molar-refractivity contribution is 9.10. The van der Waals surface area contributed by atoms with Gasteiger partial charge < -0.3 is 20.1 Å². The van der Waals surface area contributed by atoms with Gasteiger partial charge in [0.2, 0.25) is 5.91 Å². The summed E-state index contributed by atoms with van der Waals surface area (Å²) >= 11 is 3.17. The van der Waals surface area contributed by atoms with Crippen LogP contribution in [0.2, 0.25) is 0 Å². The molecule has 0 saturated heterocycles. The van der Waals surface area contributed by atoms with Gasteiger partial charge >= 0.3 is 0 Å². The first-order valence-corrected chi connectivity index (χ1v) is 7.99. The van der Waals surface area contributed by atoms with Gasteiger partial charge in [0.15, 0.2) is 0 Å². The van der Waals surface area contributed by atoms with Gasteiger partial charge in [0.1, 0.15) is 17.3 Å². The Hall–Kier alpha value is -2.12. The maximum atomic E-state index is 13.7. The Morgan fingerprint density at radius 3 is 2.62 bits per heavy atom. The first-order valence-electron chi connectivity index (χ1n) is 7.20. The van der Waals surface area contributed by atoms with Crippen LogP contribution in [0.5, 0.6) is 11.5 Å². The van der Waals surface area contributed by atoms with Gasteiger partial charge in [-0.3, -0.25) is 4.79 Å². The molecular formula is C17H18BrFN2O3. The van der Waals surface area contributed by atoms with Gasteiger partial charge in [-0.15, -0.1) is 0 Å². The van der Waals surface area contributed by atoms with Crippen molar-refractivity contribution in [3.63, 3.8) is 0 Å². The number of hydrogen-bond acceptors (Lipinski definition) is 4. The van der Waals surface area contributed by atoms with Crippen LogP contribution < -0.4 is 20.1 Å². The van der Waals surface area contributed by atoms with Gasteiger partial charge in [0.05, 0.1) is 26.5 Å². The Kier molecular flexibility index (Phi) is 6.57. The number of nitrogens with one attached hydrogen (secondary N) is 2. The molecule has 7 heteroatoms. The molecule has 2 aromatic rings. The second-order valence-corrected chi connectivity index (χ2v) is 5.87.